The van der Waals surface area contributed by atoms with E-state index in [-0.39, 0.29) is 34.6 Å². The predicted molar refractivity (Wildman–Crippen MR) is 105 cm³/mol. The highest BCUT2D eigenvalue weighted by Gasteiger charge is 2.78. The molecule has 0 amide bonds. The third kappa shape index (κ3) is 2.17. The van der Waals surface area contributed by atoms with Crippen molar-refractivity contribution in [3.8, 4) is 0 Å². The number of oxime groups is 1. The van der Waals surface area contributed by atoms with Gasteiger partial charge in [0, 0.05) is 18.8 Å². The number of epoxide rings is 1. The molecule has 5 heteroatoms. The molecule has 5 rings (SSSR count). The summed E-state index contributed by atoms with van der Waals surface area (Å²) in [5.41, 5.74) is 2.28. The number of nitrogens with zero attached hydrogens (tertiary/aromatic N) is 1. The number of hydrogen-bond donors (Lipinski definition) is 1. The molecule has 1 N–H and O–H groups in total. The Balaban J connectivity index is 1.43. The molecular formula is C23H33NO4. The van der Waals surface area contributed by atoms with Gasteiger partial charge in [-0.1, -0.05) is 30.7 Å². The zero-order valence-electron chi connectivity index (χ0n) is 17.5. The van der Waals surface area contributed by atoms with Crippen molar-refractivity contribution in [3.05, 3.63) is 11.6 Å². The fourth-order valence-electron chi connectivity index (χ4n) is 8.12. The van der Waals surface area contributed by atoms with E-state index in [1.54, 1.807) is 0 Å². The van der Waals surface area contributed by atoms with Crippen LogP contribution in [0, 0.1) is 28.6 Å². The molecule has 1 heterocycles. The molecule has 4 aliphatic carbocycles. The van der Waals surface area contributed by atoms with Gasteiger partial charge in [-0.3, -0.25) is 4.79 Å². The summed E-state index contributed by atoms with van der Waals surface area (Å²) in [4.78, 5) is 11.4. The Morgan fingerprint density at radius 2 is 2.04 bits per heavy atom. The Morgan fingerprint density at radius 3 is 2.75 bits per heavy atom. The van der Waals surface area contributed by atoms with Gasteiger partial charge < -0.3 is 14.7 Å². The molecule has 0 aromatic heterocycles. The van der Waals surface area contributed by atoms with E-state index < -0.39 is 0 Å². The van der Waals surface area contributed by atoms with E-state index in [1.807, 2.05) is 6.92 Å². The average Bonchev–Trinajstić information content (AvgIpc) is 3.33. The lowest BCUT2D eigenvalue weighted by Gasteiger charge is -2.58. The molecule has 0 unspecified atom stereocenters. The van der Waals surface area contributed by atoms with E-state index in [9.17, 15) is 10.0 Å². The van der Waals surface area contributed by atoms with Crippen LogP contribution in [0.4, 0.5) is 0 Å². The lowest BCUT2D eigenvalue weighted by molar-refractivity contribution is -0.148. The third-order valence-electron chi connectivity index (χ3n) is 9.51. The van der Waals surface area contributed by atoms with Crippen LogP contribution in [0.3, 0.4) is 0 Å². The minimum Gasteiger partial charge on any atom is -0.462 e. The van der Waals surface area contributed by atoms with Crippen LogP contribution < -0.4 is 0 Å². The van der Waals surface area contributed by atoms with Crippen LogP contribution in [0.5, 0.6) is 0 Å². The minimum absolute atomic E-state index is 0.0569. The van der Waals surface area contributed by atoms with Crippen molar-refractivity contribution in [1.29, 1.82) is 0 Å². The van der Waals surface area contributed by atoms with Gasteiger partial charge in [0.2, 0.25) is 0 Å². The Bertz CT molecular complexity index is 775. The summed E-state index contributed by atoms with van der Waals surface area (Å²) in [6.45, 7) is 8.29. The van der Waals surface area contributed by atoms with Crippen molar-refractivity contribution < 1.29 is 19.5 Å². The normalized spacial score (nSPS) is 51.9. The Labute approximate surface area is 167 Å². The monoisotopic (exact) mass is 387 g/mol. The van der Waals surface area contributed by atoms with Crippen LogP contribution in [-0.2, 0) is 14.3 Å². The first-order valence-electron chi connectivity index (χ1n) is 11.0. The highest BCUT2D eigenvalue weighted by molar-refractivity contribution is 5.94. The van der Waals surface area contributed by atoms with Crippen LogP contribution >= 0.6 is 0 Å². The molecule has 0 radical (unpaired) electrons. The SMILES string of the molecule is CC(=O)O[C@H]1CC[C@@]2(C)C(=CC[C@@H]3[C@@H]2CC[C@@]2(C)[C@H]3C[C@@H]3O[C@@]32/C(C)=N/O)C1. The number of hydrogen-bond acceptors (Lipinski definition) is 5. The van der Waals surface area contributed by atoms with Gasteiger partial charge >= 0.3 is 5.97 Å². The minimum atomic E-state index is -0.324. The van der Waals surface area contributed by atoms with Crippen LogP contribution in [0.15, 0.2) is 16.8 Å². The number of carbonyl (C=O) groups is 1. The second-order valence-corrected chi connectivity index (χ2v) is 10.5. The van der Waals surface area contributed by atoms with Crippen molar-refractivity contribution in [2.45, 2.75) is 90.4 Å². The zero-order valence-corrected chi connectivity index (χ0v) is 17.5. The summed E-state index contributed by atoms with van der Waals surface area (Å²) >= 11 is 0. The third-order valence-corrected chi connectivity index (χ3v) is 9.51. The maximum absolute atomic E-state index is 11.4. The van der Waals surface area contributed by atoms with Crippen LogP contribution in [-0.4, -0.2) is 34.7 Å². The van der Waals surface area contributed by atoms with Gasteiger partial charge in [0.05, 0.1) is 11.8 Å². The maximum atomic E-state index is 11.4. The largest absolute Gasteiger partial charge is 0.462 e. The molecule has 5 nitrogen and oxygen atoms in total. The fraction of sp³-hybridized carbons (Fsp3) is 0.826. The molecule has 8 atom stereocenters. The van der Waals surface area contributed by atoms with Crippen molar-refractivity contribution in [3.63, 3.8) is 0 Å². The van der Waals surface area contributed by atoms with Crippen LogP contribution in [0.1, 0.15) is 72.6 Å². The molecule has 0 spiro atoms. The number of fused-ring (bicyclic) bond motifs is 7. The van der Waals surface area contributed by atoms with Crippen LogP contribution in [0.2, 0.25) is 0 Å². The van der Waals surface area contributed by atoms with Gasteiger partial charge in [-0.15, -0.1) is 0 Å². The molecule has 4 fully saturated rings. The summed E-state index contributed by atoms with van der Waals surface area (Å²) in [7, 11) is 0. The second kappa shape index (κ2) is 5.84. The molecular weight excluding hydrogens is 354 g/mol. The summed E-state index contributed by atoms with van der Waals surface area (Å²) in [5, 5.41) is 13.0. The van der Waals surface area contributed by atoms with E-state index in [1.165, 1.54) is 18.9 Å². The molecule has 0 aromatic carbocycles. The predicted octanol–water partition coefficient (Wildman–Crippen LogP) is 4.48. The van der Waals surface area contributed by atoms with E-state index >= 15 is 0 Å². The number of esters is 1. The first kappa shape index (κ1) is 18.7. The van der Waals surface area contributed by atoms with Gasteiger partial charge in [-0.2, -0.15) is 0 Å². The Morgan fingerprint density at radius 1 is 1.25 bits per heavy atom. The molecule has 28 heavy (non-hydrogen) atoms. The summed E-state index contributed by atoms with van der Waals surface area (Å²) in [5.74, 6) is 1.84. The fourth-order valence-corrected chi connectivity index (χ4v) is 8.12. The van der Waals surface area contributed by atoms with Crippen molar-refractivity contribution in [2.24, 2.45) is 33.7 Å². The van der Waals surface area contributed by atoms with E-state index in [2.05, 4.69) is 25.1 Å². The van der Waals surface area contributed by atoms with Gasteiger partial charge in [-0.05, 0) is 68.6 Å². The number of ether oxygens (including phenoxy) is 2. The first-order chi connectivity index (χ1) is 13.3. The Hall–Kier alpha value is -1.36. The lowest BCUT2D eigenvalue weighted by Crippen LogP contribution is -2.54. The van der Waals surface area contributed by atoms with Gasteiger partial charge in [0.15, 0.2) is 0 Å². The summed E-state index contributed by atoms with van der Waals surface area (Å²) < 4.78 is 11.7. The molecule has 0 aromatic rings. The number of allylic oxidation sites excluding steroid dienone is 1. The van der Waals surface area contributed by atoms with E-state index in [4.69, 9.17) is 9.47 Å². The number of rotatable bonds is 2. The highest BCUT2D eigenvalue weighted by atomic mass is 16.6. The van der Waals surface area contributed by atoms with E-state index in [0.717, 1.165) is 44.2 Å². The van der Waals surface area contributed by atoms with Crippen molar-refractivity contribution in [1.82, 2.24) is 0 Å². The maximum Gasteiger partial charge on any atom is 0.302 e. The molecule has 1 aliphatic heterocycles. The summed E-state index contributed by atoms with van der Waals surface area (Å²) in [6.07, 6.45) is 10.3. The first-order valence-corrected chi connectivity index (χ1v) is 11.0. The van der Waals surface area contributed by atoms with Crippen molar-refractivity contribution >= 4 is 11.7 Å². The zero-order chi connectivity index (χ0) is 19.9. The second-order valence-electron chi connectivity index (χ2n) is 10.5. The van der Waals surface area contributed by atoms with Crippen molar-refractivity contribution in [2.75, 3.05) is 0 Å². The van der Waals surface area contributed by atoms with E-state index in [0.29, 0.717) is 17.8 Å². The highest BCUT2D eigenvalue weighted by Crippen LogP contribution is 2.73. The summed E-state index contributed by atoms with van der Waals surface area (Å²) in [6, 6.07) is 0. The standard InChI is InChI=1S/C23H33NO4/c1-13(24-26)23-20(28-23)12-19-17-6-5-15-11-16(27-14(2)25)7-9-21(15,3)18(17)8-10-22(19,23)4/h5,16-20,26H,6-12H2,1-4H3/b24-13+/t16-,17+,18-,19-,20-,21-,22-,23-/m0/s1. The smallest absolute Gasteiger partial charge is 0.302 e. The molecule has 0 bridgehead atoms. The van der Waals surface area contributed by atoms with Crippen LogP contribution in [0.25, 0.3) is 0 Å². The quantitative estimate of drug-likeness (QED) is 0.189. The van der Waals surface area contributed by atoms with Gasteiger partial charge in [-0.25, -0.2) is 0 Å². The molecule has 3 saturated carbocycles. The lowest BCUT2D eigenvalue weighted by atomic mass is 9.47. The molecule has 5 aliphatic rings. The molecule has 1 saturated heterocycles. The molecule has 154 valence electrons. The Kier molecular flexibility index (Phi) is 3.89. The number of carbonyl (C=O) groups excluding carboxylic acids is 1. The van der Waals surface area contributed by atoms with Gasteiger partial charge in [0.25, 0.3) is 0 Å². The average molecular weight is 388 g/mol. The van der Waals surface area contributed by atoms with Gasteiger partial charge in [0.1, 0.15) is 11.7 Å². The topological polar surface area (TPSA) is 71.4 Å².